The van der Waals surface area contributed by atoms with E-state index in [4.69, 9.17) is 4.42 Å². The van der Waals surface area contributed by atoms with Gasteiger partial charge in [0.15, 0.2) is 0 Å². The minimum atomic E-state index is -0.154. The molecule has 0 spiro atoms. The Morgan fingerprint density at radius 1 is 1.33 bits per heavy atom. The number of carbonyl (C=O) groups excluding carboxylic acids is 1. The fraction of sp³-hybridized carbons (Fsp3) is 0.353. The van der Waals surface area contributed by atoms with Crippen molar-refractivity contribution in [2.45, 2.75) is 38.4 Å². The topological polar surface area (TPSA) is 54.3 Å². The fourth-order valence-corrected chi connectivity index (χ4v) is 2.76. The first-order valence-corrected chi connectivity index (χ1v) is 7.35. The highest BCUT2D eigenvalue weighted by Gasteiger charge is 2.24. The monoisotopic (exact) mass is 284 g/mol. The molecule has 0 radical (unpaired) electrons. The fourth-order valence-electron chi connectivity index (χ4n) is 2.76. The lowest BCUT2D eigenvalue weighted by Gasteiger charge is -2.26. The Kier molecular flexibility index (Phi) is 4.06. The predicted octanol–water partition coefficient (Wildman–Crippen LogP) is 2.04. The average molecular weight is 284 g/mol. The van der Waals surface area contributed by atoms with Crippen molar-refractivity contribution < 1.29 is 9.21 Å². The summed E-state index contributed by atoms with van der Waals surface area (Å²) in [5.74, 6) is 0.952. The SMILES string of the molecule is CC(Cc1ccco1)NC(=O)[C@@H]1Cc2ccccc2CN1. The van der Waals surface area contributed by atoms with Gasteiger partial charge in [-0.15, -0.1) is 0 Å². The summed E-state index contributed by atoms with van der Waals surface area (Å²) in [7, 11) is 0. The molecule has 1 aromatic heterocycles. The van der Waals surface area contributed by atoms with E-state index in [0.29, 0.717) is 6.42 Å². The van der Waals surface area contributed by atoms with Gasteiger partial charge < -0.3 is 15.1 Å². The van der Waals surface area contributed by atoms with Crippen molar-refractivity contribution in [2.24, 2.45) is 0 Å². The summed E-state index contributed by atoms with van der Waals surface area (Å²) in [5.41, 5.74) is 2.54. The molecule has 0 bridgehead atoms. The van der Waals surface area contributed by atoms with Crippen LogP contribution in [-0.4, -0.2) is 18.0 Å². The molecule has 21 heavy (non-hydrogen) atoms. The molecule has 2 heterocycles. The number of rotatable bonds is 4. The highest BCUT2D eigenvalue weighted by atomic mass is 16.3. The molecule has 1 aliphatic rings. The van der Waals surface area contributed by atoms with E-state index in [-0.39, 0.29) is 18.0 Å². The number of amides is 1. The number of fused-ring (bicyclic) bond motifs is 1. The van der Waals surface area contributed by atoms with Crippen LogP contribution in [0.1, 0.15) is 23.8 Å². The van der Waals surface area contributed by atoms with Crippen LogP contribution in [0.5, 0.6) is 0 Å². The van der Waals surface area contributed by atoms with E-state index in [9.17, 15) is 4.79 Å². The van der Waals surface area contributed by atoms with Gasteiger partial charge in [0.05, 0.1) is 12.3 Å². The normalized spacial score (nSPS) is 18.8. The molecule has 0 saturated carbocycles. The molecule has 110 valence electrons. The highest BCUT2D eigenvalue weighted by molar-refractivity contribution is 5.82. The molecular formula is C17H20N2O2. The Balaban J connectivity index is 1.56. The number of hydrogen-bond acceptors (Lipinski definition) is 3. The summed E-state index contributed by atoms with van der Waals surface area (Å²) in [5, 5.41) is 6.36. The lowest BCUT2D eigenvalue weighted by Crippen LogP contribution is -2.50. The average Bonchev–Trinajstić information content (AvgIpc) is 2.99. The number of benzene rings is 1. The molecule has 3 rings (SSSR count). The van der Waals surface area contributed by atoms with Crippen molar-refractivity contribution in [1.82, 2.24) is 10.6 Å². The third-order valence-corrected chi connectivity index (χ3v) is 3.87. The van der Waals surface area contributed by atoms with E-state index >= 15 is 0 Å². The van der Waals surface area contributed by atoms with Crippen LogP contribution in [0.15, 0.2) is 47.1 Å². The van der Waals surface area contributed by atoms with Gasteiger partial charge in [0.25, 0.3) is 0 Å². The Morgan fingerprint density at radius 3 is 2.90 bits per heavy atom. The van der Waals surface area contributed by atoms with Crippen molar-refractivity contribution in [2.75, 3.05) is 0 Å². The molecule has 0 saturated heterocycles. The van der Waals surface area contributed by atoms with E-state index < -0.39 is 0 Å². The lowest BCUT2D eigenvalue weighted by atomic mass is 9.95. The largest absolute Gasteiger partial charge is 0.469 e. The van der Waals surface area contributed by atoms with Crippen molar-refractivity contribution in [3.05, 3.63) is 59.5 Å². The minimum Gasteiger partial charge on any atom is -0.469 e. The molecule has 1 amide bonds. The molecule has 0 aliphatic carbocycles. The molecule has 1 unspecified atom stereocenters. The first kappa shape index (κ1) is 13.9. The second-order valence-corrected chi connectivity index (χ2v) is 5.60. The van der Waals surface area contributed by atoms with Gasteiger partial charge in [0.1, 0.15) is 5.76 Å². The van der Waals surface area contributed by atoms with Crippen LogP contribution < -0.4 is 10.6 Å². The first-order chi connectivity index (χ1) is 10.2. The molecule has 4 nitrogen and oxygen atoms in total. The van der Waals surface area contributed by atoms with Gasteiger partial charge in [0.2, 0.25) is 5.91 Å². The standard InChI is InChI=1S/C17H20N2O2/c1-12(9-15-7-4-8-21-15)19-17(20)16-10-13-5-2-3-6-14(13)11-18-16/h2-8,12,16,18H,9-11H2,1H3,(H,19,20)/t12?,16-/m0/s1. The Morgan fingerprint density at radius 2 is 2.14 bits per heavy atom. The van der Waals surface area contributed by atoms with Gasteiger partial charge >= 0.3 is 0 Å². The Bertz CT molecular complexity index is 607. The molecule has 4 heteroatoms. The zero-order chi connectivity index (χ0) is 14.7. The van der Waals surface area contributed by atoms with Gasteiger partial charge in [-0.1, -0.05) is 24.3 Å². The highest BCUT2D eigenvalue weighted by Crippen LogP contribution is 2.16. The zero-order valence-corrected chi connectivity index (χ0v) is 12.1. The molecule has 2 N–H and O–H groups in total. The van der Waals surface area contributed by atoms with Gasteiger partial charge in [-0.25, -0.2) is 0 Å². The minimum absolute atomic E-state index is 0.0580. The van der Waals surface area contributed by atoms with Crippen LogP contribution in [0, 0.1) is 0 Å². The van der Waals surface area contributed by atoms with Crippen molar-refractivity contribution in [3.63, 3.8) is 0 Å². The molecule has 2 aromatic rings. The maximum absolute atomic E-state index is 12.3. The third kappa shape index (κ3) is 3.34. The zero-order valence-electron chi connectivity index (χ0n) is 12.1. The van der Waals surface area contributed by atoms with E-state index in [2.05, 4.69) is 22.8 Å². The number of nitrogens with one attached hydrogen (secondary N) is 2. The third-order valence-electron chi connectivity index (χ3n) is 3.87. The van der Waals surface area contributed by atoms with Crippen LogP contribution in [-0.2, 0) is 24.2 Å². The summed E-state index contributed by atoms with van der Waals surface area (Å²) in [6.45, 7) is 2.75. The van der Waals surface area contributed by atoms with E-state index in [0.717, 1.165) is 18.7 Å². The number of furan rings is 1. The smallest absolute Gasteiger partial charge is 0.237 e. The van der Waals surface area contributed by atoms with Crippen LogP contribution in [0.25, 0.3) is 0 Å². The number of carbonyl (C=O) groups is 1. The van der Waals surface area contributed by atoms with Gasteiger partial charge in [-0.3, -0.25) is 4.79 Å². The Labute approximate surface area is 124 Å². The Hall–Kier alpha value is -2.07. The molecule has 0 fully saturated rings. The quantitative estimate of drug-likeness (QED) is 0.903. The van der Waals surface area contributed by atoms with Gasteiger partial charge in [0, 0.05) is 19.0 Å². The second kappa shape index (κ2) is 6.14. The number of hydrogen-bond donors (Lipinski definition) is 2. The molecular weight excluding hydrogens is 264 g/mol. The van der Waals surface area contributed by atoms with E-state index in [1.165, 1.54) is 11.1 Å². The summed E-state index contributed by atoms with van der Waals surface area (Å²) in [6.07, 6.45) is 3.11. The van der Waals surface area contributed by atoms with Crippen LogP contribution in [0.3, 0.4) is 0 Å². The van der Waals surface area contributed by atoms with Crippen LogP contribution >= 0.6 is 0 Å². The van der Waals surface area contributed by atoms with Crippen LogP contribution in [0.2, 0.25) is 0 Å². The summed E-state index contributed by atoms with van der Waals surface area (Å²) in [6, 6.07) is 12.0. The van der Waals surface area contributed by atoms with E-state index in [1.807, 2.05) is 31.2 Å². The maximum atomic E-state index is 12.3. The van der Waals surface area contributed by atoms with Crippen LogP contribution in [0.4, 0.5) is 0 Å². The maximum Gasteiger partial charge on any atom is 0.237 e. The predicted molar refractivity (Wildman–Crippen MR) is 80.8 cm³/mol. The lowest BCUT2D eigenvalue weighted by molar-refractivity contribution is -0.123. The van der Waals surface area contributed by atoms with E-state index in [1.54, 1.807) is 6.26 Å². The molecule has 1 aromatic carbocycles. The summed E-state index contributed by atoms with van der Waals surface area (Å²) < 4.78 is 5.31. The molecule has 2 atom stereocenters. The summed E-state index contributed by atoms with van der Waals surface area (Å²) >= 11 is 0. The summed E-state index contributed by atoms with van der Waals surface area (Å²) in [4.78, 5) is 12.3. The van der Waals surface area contributed by atoms with Gasteiger partial charge in [-0.05, 0) is 36.6 Å². The van der Waals surface area contributed by atoms with Gasteiger partial charge in [-0.2, -0.15) is 0 Å². The van der Waals surface area contributed by atoms with Crippen molar-refractivity contribution in [3.8, 4) is 0 Å². The van der Waals surface area contributed by atoms with Crippen molar-refractivity contribution >= 4 is 5.91 Å². The molecule has 1 aliphatic heterocycles. The second-order valence-electron chi connectivity index (χ2n) is 5.60. The first-order valence-electron chi connectivity index (χ1n) is 7.35. The van der Waals surface area contributed by atoms with Crippen molar-refractivity contribution in [1.29, 1.82) is 0 Å².